The number of hydrogen-bond acceptors (Lipinski definition) is 4. The number of allylic oxidation sites excluding steroid dienone is 5. The van der Waals surface area contributed by atoms with Crippen LogP contribution >= 0.6 is 0 Å². The fourth-order valence-electron chi connectivity index (χ4n) is 1.83. The minimum absolute atomic E-state index is 0.0921. The van der Waals surface area contributed by atoms with Crippen LogP contribution in [0.3, 0.4) is 0 Å². The van der Waals surface area contributed by atoms with Gasteiger partial charge >= 0.3 is 5.97 Å². The number of nitrogens with zero attached hydrogens (tertiary/aromatic N) is 3. The Morgan fingerprint density at radius 3 is 2.86 bits per heavy atom. The van der Waals surface area contributed by atoms with Crippen LogP contribution < -0.4 is 0 Å². The highest BCUT2D eigenvalue weighted by atomic mass is 19.1. The van der Waals surface area contributed by atoms with E-state index in [1.807, 2.05) is 19.0 Å². The fourth-order valence-corrected chi connectivity index (χ4v) is 1.83. The molecule has 1 heterocycles. The van der Waals surface area contributed by atoms with Gasteiger partial charge in [0.1, 0.15) is 12.4 Å². The van der Waals surface area contributed by atoms with Crippen molar-refractivity contribution in [1.29, 1.82) is 0 Å². The largest absolute Gasteiger partial charge is 0.465 e. The maximum atomic E-state index is 13.6. The molecule has 0 unspecified atom stereocenters. The number of ether oxygens (including phenoxy) is 1. The van der Waals surface area contributed by atoms with Crippen LogP contribution in [0.15, 0.2) is 48.9 Å². The number of rotatable bonds is 8. The number of esters is 1. The van der Waals surface area contributed by atoms with E-state index >= 15 is 0 Å². The summed E-state index contributed by atoms with van der Waals surface area (Å²) in [5, 5.41) is 0. The van der Waals surface area contributed by atoms with Crippen molar-refractivity contribution in [2.24, 2.45) is 0 Å². The van der Waals surface area contributed by atoms with Crippen LogP contribution in [0, 0.1) is 0 Å². The van der Waals surface area contributed by atoms with Crippen molar-refractivity contribution < 1.29 is 13.9 Å². The lowest BCUT2D eigenvalue weighted by Gasteiger charge is -2.18. The Kier molecular flexibility index (Phi) is 7.08. The zero-order chi connectivity index (χ0) is 16.5. The van der Waals surface area contributed by atoms with Crippen molar-refractivity contribution >= 4 is 5.97 Å². The molecule has 0 aliphatic heterocycles. The first kappa shape index (κ1) is 17.7. The van der Waals surface area contributed by atoms with Gasteiger partial charge in [-0.25, -0.2) is 9.37 Å². The summed E-state index contributed by atoms with van der Waals surface area (Å²) < 4.78 is 20.3. The van der Waals surface area contributed by atoms with Crippen molar-refractivity contribution in [3.8, 4) is 0 Å². The van der Waals surface area contributed by atoms with Gasteiger partial charge in [0.15, 0.2) is 0 Å². The summed E-state index contributed by atoms with van der Waals surface area (Å²) in [4.78, 5) is 17.4. The van der Waals surface area contributed by atoms with Crippen molar-refractivity contribution in [3.05, 3.63) is 54.5 Å². The SMILES string of the molecule is C=C/C=C(F)\C=C(\Cc1cncn1CC(=O)OCC)N(C)C. The first-order chi connectivity index (χ1) is 10.5. The first-order valence-electron chi connectivity index (χ1n) is 6.98. The van der Waals surface area contributed by atoms with E-state index in [2.05, 4.69) is 11.6 Å². The van der Waals surface area contributed by atoms with Gasteiger partial charge in [0, 0.05) is 38.1 Å². The number of carbonyl (C=O) groups excluding carboxylic acids is 1. The Morgan fingerprint density at radius 1 is 1.55 bits per heavy atom. The van der Waals surface area contributed by atoms with Crippen LogP contribution in [0.4, 0.5) is 4.39 Å². The average molecular weight is 307 g/mol. The molecule has 0 bridgehead atoms. The van der Waals surface area contributed by atoms with Crippen molar-refractivity contribution in [2.75, 3.05) is 20.7 Å². The normalized spacial score (nSPS) is 12.2. The van der Waals surface area contributed by atoms with Crippen LogP contribution in [0.2, 0.25) is 0 Å². The lowest BCUT2D eigenvalue weighted by Crippen LogP contribution is -2.18. The standard InChI is InChI=1S/C16H22FN3O2/c1-5-7-13(17)8-14(19(3)4)9-15-10-18-12-20(15)11-16(21)22-6-2/h5,7-8,10,12H,1,6,9,11H2,2-4H3/b13-7+,14-8-. The quantitative estimate of drug-likeness (QED) is 0.547. The van der Waals surface area contributed by atoms with Gasteiger partial charge in [-0.05, 0) is 19.1 Å². The van der Waals surface area contributed by atoms with Crippen LogP contribution in [0.5, 0.6) is 0 Å². The van der Waals surface area contributed by atoms with E-state index in [-0.39, 0.29) is 18.3 Å². The lowest BCUT2D eigenvalue weighted by atomic mass is 10.2. The number of hydrogen-bond donors (Lipinski definition) is 0. The smallest absolute Gasteiger partial charge is 0.325 e. The summed E-state index contributed by atoms with van der Waals surface area (Å²) in [6.07, 6.45) is 7.79. The predicted octanol–water partition coefficient (Wildman–Crippen LogP) is 2.47. The molecule has 0 amide bonds. The molecular weight excluding hydrogens is 285 g/mol. The van der Waals surface area contributed by atoms with E-state index < -0.39 is 0 Å². The Balaban J connectivity index is 2.92. The van der Waals surface area contributed by atoms with Gasteiger partial charge in [-0.3, -0.25) is 4.79 Å². The second kappa shape index (κ2) is 8.81. The van der Waals surface area contributed by atoms with Gasteiger partial charge in [-0.15, -0.1) is 0 Å². The lowest BCUT2D eigenvalue weighted by molar-refractivity contribution is -0.143. The summed E-state index contributed by atoms with van der Waals surface area (Å²) in [6, 6.07) is 0. The van der Waals surface area contributed by atoms with Gasteiger partial charge in [0.05, 0.1) is 12.9 Å². The van der Waals surface area contributed by atoms with E-state index in [1.165, 1.54) is 18.2 Å². The number of imidazole rings is 1. The zero-order valence-corrected chi connectivity index (χ0v) is 13.3. The molecular formula is C16H22FN3O2. The molecule has 1 aromatic heterocycles. The fraction of sp³-hybridized carbons (Fsp3) is 0.375. The molecule has 1 aromatic rings. The topological polar surface area (TPSA) is 47.4 Å². The molecule has 0 fully saturated rings. The third kappa shape index (κ3) is 5.55. The van der Waals surface area contributed by atoms with Crippen molar-refractivity contribution in [3.63, 3.8) is 0 Å². The average Bonchev–Trinajstić information content (AvgIpc) is 2.85. The van der Waals surface area contributed by atoms with Gasteiger partial charge in [-0.2, -0.15) is 0 Å². The summed E-state index contributed by atoms with van der Waals surface area (Å²) in [6.45, 7) is 5.65. The summed E-state index contributed by atoms with van der Waals surface area (Å²) >= 11 is 0. The number of likely N-dealkylation sites (N-methyl/N-ethyl adjacent to an activating group) is 1. The van der Waals surface area contributed by atoms with E-state index in [1.54, 1.807) is 24.0 Å². The Bertz CT molecular complexity index is 574. The van der Waals surface area contributed by atoms with Gasteiger partial charge in [0.25, 0.3) is 0 Å². The number of aromatic nitrogens is 2. The van der Waals surface area contributed by atoms with E-state index in [4.69, 9.17) is 4.74 Å². The first-order valence-corrected chi connectivity index (χ1v) is 6.98. The van der Waals surface area contributed by atoms with Crippen molar-refractivity contribution in [1.82, 2.24) is 14.5 Å². The Hall–Kier alpha value is -2.37. The van der Waals surface area contributed by atoms with E-state index in [9.17, 15) is 9.18 Å². The molecule has 1 rings (SSSR count). The minimum Gasteiger partial charge on any atom is -0.465 e. The molecule has 0 spiro atoms. The number of carbonyl (C=O) groups is 1. The number of halogens is 1. The second-order valence-corrected chi connectivity index (χ2v) is 4.81. The summed E-state index contributed by atoms with van der Waals surface area (Å²) in [5.74, 6) is -0.704. The molecule has 0 radical (unpaired) electrons. The molecule has 0 aromatic carbocycles. The molecule has 0 saturated carbocycles. The van der Waals surface area contributed by atoms with E-state index in [0.717, 1.165) is 11.4 Å². The maximum Gasteiger partial charge on any atom is 0.325 e. The highest BCUT2D eigenvalue weighted by Gasteiger charge is 2.11. The van der Waals surface area contributed by atoms with Gasteiger partial charge in [0.2, 0.25) is 0 Å². The maximum absolute atomic E-state index is 13.6. The molecule has 6 heteroatoms. The van der Waals surface area contributed by atoms with Gasteiger partial charge in [-0.1, -0.05) is 12.7 Å². The molecule has 0 aliphatic rings. The van der Waals surface area contributed by atoms with Gasteiger partial charge < -0.3 is 14.2 Å². The highest BCUT2D eigenvalue weighted by Crippen LogP contribution is 2.14. The molecule has 22 heavy (non-hydrogen) atoms. The molecule has 0 saturated heterocycles. The molecule has 0 N–H and O–H groups in total. The van der Waals surface area contributed by atoms with Crippen LogP contribution in [-0.2, 0) is 22.5 Å². The zero-order valence-electron chi connectivity index (χ0n) is 13.3. The summed E-state index contributed by atoms with van der Waals surface area (Å²) in [7, 11) is 3.66. The van der Waals surface area contributed by atoms with Crippen LogP contribution in [-0.4, -0.2) is 41.1 Å². The van der Waals surface area contributed by atoms with Crippen LogP contribution in [0.1, 0.15) is 12.6 Å². The summed E-state index contributed by atoms with van der Waals surface area (Å²) in [5.41, 5.74) is 1.56. The molecule has 0 atom stereocenters. The Morgan fingerprint density at radius 2 is 2.27 bits per heavy atom. The third-order valence-corrected chi connectivity index (χ3v) is 2.92. The molecule has 120 valence electrons. The second-order valence-electron chi connectivity index (χ2n) is 4.81. The Labute approximate surface area is 130 Å². The molecule has 0 aliphatic carbocycles. The predicted molar refractivity (Wildman–Crippen MR) is 83.7 cm³/mol. The highest BCUT2D eigenvalue weighted by molar-refractivity contribution is 5.69. The van der Waals surface area contributed by atoms with Crippen LogP contribution in [0.25, 0.3) is 0 Å². The van der Waals surface area contributed by atoms with Crippen molar-refractivity contribution in [2.45, 2.75) is 19.9 Å². The minimum atomic E-state index is -0.379. The third-order valence-electron chi connectivity index (χ3n) is 2.92. The van der Waals surface area contributed by atoms with E-state index in [0.29, 0.717) is 13.0 Å². The monoisotopic (exact) mass is 307 g/mol. The molecule has 5 nitrogen and oxygen atoms in total.